The average molecular weight is 281 g/mol. The van der Waals surface area contributed by atoms with E-state index in [1.54, 1.807) is 12.1 Å². The molecule has 0 radical (unpaired) electrons. The summed E-state index contributed by atoms with van der Waals surface area (Å²) >= 11 is 11.7. The number of halogens is 2. The number of hydrogen-bond donors (Lipinski definition) is 1. The van der Waals surface area contributed by atoms with Crippen LogP contribution in [0.25, 0.3) is 0 Å². The van der Waals surface area contributed by atoms with E-state index in [1.807, 2.05) is 19.1 Å². The van der Waals surface area contributed by atoms with Crippen molar-refractivity contribution in [1.82, 2.24) is 4.98 Å². The molecule has 1 heterocycles. The van der Waals surface area contributed by atoms with Gasteiger partial charge in [0.2, 0.25) is 0 Å². The van der Waals surface area contributed by atoms with Crippen molar-refractivity contribution < 1.29 is 5.11 Å². The highest BCUT2D eigenvalue weighted by Crippen LogP contribution is 2.30. The van der Waals surface area contributed by atoms with Crippen LogP contribution in [0.1, 0.15) is 11.3 Å². The fourth-order valence-electron chi connectivity index (χ4n) is 1.42. The van der Waals surface area contributed by atoms with E-state index in [4.69, 9.17) is 23.2 Å². The third-order valence-corrected chi connectivity index (χ3v) is 2.77. The van der Waals surface area contributed by atoms with Crippen molar-refractivity contribution in [3.8, 4) is 5.75 Å². The molecule has 5 heteroatoms. The molecule has 1 aromatic heterocycles. The van der Waals surface area contributed by atoms with Crippen molar-refractivity contribution in [1.29, 1.82) is 0 Å². The van der Waals surface area contributed by atoms with Crippen LogP contribution in [0.3, 0.4) is 0 Å². The van der Waals surface area contributed by atoms with Crippen LogP contribution in [0.15, 0.2) is 35.3 Å². The van der Waals surface area contributed by atoms with Crippen LogP contribution in [-0.2, 0) is 0 Å². The molecular formula is C13H10Cl2N2O. The normalized spacial score (nSPS) is 11.1. The molecule has 0 unspecified atom stereocenters. The minimum Gasteiger partial charge on any atom is -0.506 e. The van der Waals surface area contributed by atoms with Gasteiger partial charge in [0.05, 0.1) is 5.02 Å². The number of aliphatic imine (C=N–C) groups is 1. The van der Waals surface area contributed by atoms with Gasteiger partial charge >= 0.3 is 0 Å². The quantitative estimate of drug-likeness (QED) is 0.840. The van der Waals surface area contributed by atoms with Gasteiger partial charge in [-0.1, -0.05) is 29.3 Å². The van der Waals surface area contributed by atoms with Crippen molar-refractivity contribution >= 4 is 35.2 Å². The first-order valence-electron chi connectivity index (χ1n) is 5.22. The minimum absolute atomic E-state index is 0.0440. The number of pyridine rings is 1. The molecule has 92 valence electrons. The van der Waals surface area contributed by atoms with Crippen molar-refractivity contribution in [2.45, 2.75) is 6.92 Å². The number of phenolic OH excluding ortho intramolecular Hbond substituents is 1. The van der Waals surface area contributed by atoms with Crippen molar-refractivity contribution in [2.24, 2.45) is 4.99 Å². The number of phenols is 1. The lowest BCUT2D eigenvalue weighted by Crippen LogP contribution is -1.85. The second-order valence-corrected chi connectivity index (χ2v) is 4.56. The lowest BCUT2D eigenvalue weighted by atomic mass is 10.2. The summed E-state index contributed by atoms with van der Waals surface area (Å²) in [6, 6.07) is 8.57. The van der Waals surface area contributed by atoms with Crippen molar-refractivity contribution in [3.63, 3.8) is 0 Å². The molecule has 0 saturated carbocycles. The highest BCUT2D eigenvalue weighted by atomic mass is 35.5. The molecule has 0 amide bonds. The van der Waals surface area contributed by atoms with Gasteiger partial charge in [-0.3, -0.25) is 0 Å². The van der Waals surface area contributed by atoms with Gasteiger partial charge in [0, 0.05) is 22.5 Å². The van der Waals surface area contributed by atoms with Gasteiger partial charge in [0.15, 0.2) is 5.82 Å². The molecule has 0 aliphatic heterocycles. The minimum atomic E-state index is -0.0440. The van der Waals surface area contributed by atoms with Gasteiger partial charge in [0.25, 0.3) is 0 Å². The zero-order valence-electron chi connectivity index (χ0n) is 9.56. The van der Waals surface area contributed by atoms with Gasteiger partial charge < -0.3 is 5.11 Å². The Morgan fingerprint density at radius 3 is 2.78 bits per heavy atom. The Morgan fingerprint density at radius 2 is 2.06 bits per heavy atom. The molecule has 0 saturated heterocycles. The standard InChI is InChI=1S/C13H10Cl2N2O/c1-8-3-2-4-12(17-8)16-7-9-5-10(14)6-11(15)13(9)18/h2-7,18H,1H3. The lowest BCUT2D eigenvalue weighted by Gasteiger charge is -2.02. The predicted octanol–water partition coefficient (Wildman–Crippen LogP) is 4.15. The Balaban J connectivity index is 2.34. The van der Waals surface area contributed by atoms with E-state index < -0.39 is 0 Å². The van der Waals surface area contributed by atoms with Gasteiger partial charge in [-0.15, -0.1) is 0 Å². The van der Waals surface area contributed by atoms with E-state index in [1.165, 1.54) is 12.3 Å². The smallest absolute Gasteiger partial charge is 0.152 e. The molecule has 0 aliphatic rings. The molecule has 2 aromatic rings. The molecule has 1 N–H and O–H groups in total. The number of benzene rings is 1. The van der Waals surface area contributed by atoms with Crippen molar-refractivity contribution in [2.75, 3.05) is 0 Å². The number of aromatic hydroxyl groups is 1. The Labute approximate surface area is 115 Å². The number of aromatic nitrogens is 1. The second-order valence-electron chi connectivity index (χ2n) is 3.72. The summed E-state index contributed by atoms with van der Waals surface area (Å²) < 4.78 is 0. The van der Waals surface area contributed by atoms with Crippen molar-refractivity contribution in [3.05, 3.63) is 51.6 Å². The lowest BCUT2D eigenvalue weighted by molar-refractivity contribution is 0.475. The molecule has 0 aliphatic carbocycles. The first-order valence-corrected chi connectivity index (χ1v) is 5.97. The van der Waals surface area contributed by atoms with Crippen LogP contribution >= 0.6 is 23.2 Å². The first-order chi connectivity index (χ1) is 8.56. The molecule has 2 rings (SSSR count). The fourth-order valence-corrected chi connectivity index (χ4v) is 1.93. The topological polar surface area (TPSA) is 45.5 Å². The van der Waals surface area contributed by atoms with Crippen LogP contribution in [0.2, 0.25) is 10.0 Å². The Morgan fingerprint density at radius 1 is 1.28 bits per heavy atom. The largest absolute Gasteiger partial charge is 0.506 e. The number of hydrogen-bond acceptors (Lipinski definition) is 3. The third-order valence-electron chi connectivity index (χ3n) is 2.27. The Hall–Kier alpha value is -1.58. The highest BCUT2D eigenvalue weighted by Gasteiger charge is 2.05. The Bertz CT molecular complexity index is 612. The molecule has 1 aromatic carbocycles. The zero-order chi connectivity index (χ0) is 13.1. The monoisotopic (exact) mass is 280 g/mol. The first kappa shape index (κ1) is 12.9. The molecule has 0 fully saturated rings. The summed E-state index contributed by atoms with van der Waals surface area (Å²) in [5.74, 6) is 0.517. The van der Waals surface area contributed by atoms with E-state index in [9.17, 15) is 5.11 Å². The average Bonchev–Trinajstić information content (AvgIpc) is 2.32. The summed E-state index contributed by atoms with van der Waals surface area (Å²) in [6.07, 6.45) is 1.48. The van der Waals surface area contributed by atoms with E-state index in [0.717, 1.165) is 5.69 Å². The Kier molecular flexibility index (Phi) is 3.84. The highest BCUT2D eigenvalue weighted by molar-refractivity contribution is 6.36. The van der Waals surface area contributed by atoms with E-state index in [2.05, 4.69) is 9.98 Å². The second kappa shape index (κ2) is 5.38. The van der Waals surface area contributed by atoms with Crippen LogP contribution in [-0.4, -0.2) is 16.3 Å². The maximum absolute atomic E-state index is 9.75. The van der Waals surface area contributed by atoms with Crippen LogP contribution in [0, 0.1) is 6.92 Å². The van der Waals surface area contributed by atoms with Gasteiger partial charge in [-0.05, 0) is 31.2 Å². The van der Waals surface area contributed by atoms with Gasteiger partial charge in [0.1, 0.15) is 5.75 Å². The number of aryl methyl sites for hydroxylation is 1. The summed E-state index contributed by atoms with van der Waals surface area (Å²) in [7, 11) is 0. The number of nitrogens with zero attached hydrogens (tertiary/aromatic N) is 2. The summed E-state index contributed by atoms with van der Waals surface area (Å²) in [4.78, 5) is 8.38. The molecule has 0 atom stereocenters. The van der Waals surface area contributed by atoms with Gasteiger partial charge in [-0.25, -0.2) is 9.98 Å². The van der Waals surface area contributed by atoms with Crippen LogP contribution in [0.4, 0.5) is 5.82 Å². The van der Waals surface area contributed by atoms with Gasteiger partial charge in [-0.2, -0.15) is 0 Å². The van der Waals surface area contributed by atoms with Crippen LogP contribution < -0.4 is 0 Å². The SMILES string of the molecule is Cc1cccc(N=Cc2cc(Cl)cc(Cl)c2O)n1. The molecule has 18 heavy (non-hydrogen) atoms. The van der Waals surface area contributed by atoms with Crippen LogP contribution in [0.5, 0.6) is 5.75 Å². The molecule has 0 bridgehead atoms. The summed E-state index contributed by atoms with van der Waals surface area (Å²) in [5.41, 5.74) is 1.33. The third kappa shape index (κ3) is 3.00. The predicted molar refractivity (Wildman–Crippen MR) is 74.4 cm³/mol. The van der Waals surface area contributed by atoms with E-state index >= 15 is 0 Å². The van der Waals surface area contributed by atoms with E-state index in [0.29, 0.717) is 16.4 Å². The number of rotatable bonds is 2. The maximum Gasteiger partial charge on any atom is 0.152 e. The zero-order valence-corrected chi connectivity index (χ0v) is 11.1. The molecule has 3 nitrogen and oxygen atoms in total. The molecule has 0 spiro atoms. The summed E-state index contributed by atoms with van der Waals surface area (Å²) in [5, 5.41) is 10.4. The van der Waals surface area contributed by atoms with E-state index in [-0.39, 0.29) is 10.8 Å². The summed E-state index contributed by atoms with van der Waals surface area (Å²) in [6.45, 7) is 1.88. The maximum atomic E-state index is 9.75. The molecular weight excluding hydrogens is 271 g/mol. The fraction of sp³-hybridized carbons (Fsp3) is 0.0769.